The van der Waals surface area contributed by atoms with E-state index in [9.17, 15) is 14.0 Å². The number of halogens is 2. The van der Waals surface area contributed by atoms with Crippen molar-refractivity contribution >= 4 is 23.4 Å². The minimum absolute atomic E-state index is 0. The molecule has 0 aliphatic carbocycles. The second-order valence-corrected chi connectivity index (χ2v) is 8.64. The number of carbonyl (C=O) groups is 2. The van der Waals surface area contributed by atoms with Crippen molar-refractivity contribution in [2.45, 2.75) is 52.5 Å². The van der Waals surface area contributed by atoms with E-state index >= 15 is 0 Å². The highest BCUT2D eigenvalue weighted by Crippen LogP contribution is 2.29. The van der Waals surface area contributed by atoms with Gasteiger partial charge in [0.15, 0.2) is 0 Å². The Morgan fingerprint density at radius 3 is 2.29 bits per heavy atom. The van der Waals surface area contributed by atoms with Crippen LogP contribution < -0.4 is 5.32 Å². The van der Waals surface area contributed by atoms with E-state index in [2.05, 4.69) is 5.32 Å². The van der Waals surface area contributed by atoms with E-state index in [0.29, 0.717) is 24.6 Å². The summed E-state index contributed by atoms with van der Waals surface area (Å²) in [5.41, 5.74) is 1.57. The summed E-state index contributed by atoms with van der Waals surface area (Å²) in [7, 11) is 0. The quantitative estimate of drug-likeness (QED) is 0.662. The Hall–Kier alpha value is -2.40. The lowest BCUT2D eigenvalue weighted by Gasteiger charge is -2.35. The predicted molar refractivity (Wildman–Crippen MR) is 124 cm³/mol. The molecule has 1 aliphatic heterocycles. The third-order valence-corrected chi connectivity index (χ3v) is 5.96. The number of hydrogen-bond acceptors (Lipinski definition) is 2. The predicted octanol–water partition coefficient (Wildman–Crippen LogP) is 5.20. The molecule has 6 heteroatoms. The van der Waals surface area contributed by atoms with E-state index in [1.54, 1.807) is 18.2 Å². The van der Waals surface area contributed by atoms with Crippen molar-refractivity contribution in [3.63, 3.8) is 0 Å². The molecule has 2 aromatic carbocycles. The Morgan fingerprint density at radius 2 is 1.71 bits per heavy atom. The minimum atomic E-state index is -0.614. The van der Waals surface area contributed by atoms with Crippen molar-refractivity contribution in [3.05, 3.63) is 70.5 Å². The maximum Gasteiger partial charge on any atom is 0.245 e. The Balaban J connectivity index is 0.00000341. The molecule has 2 aromatic rings. The zero-order valence-electron chi connectivity index (χ0n) is 17.4. The van der Waals surface area contributed by atoms with Crippen LogP contribution in [0.4, 0.5) is 4.39 Å². The molecule has 168 valence electrons. The average Bonchev–Trinajstić information content (AvgIpc) is 2.74. The molecule has 1 atom stereocenters. The summed E-state index contributed by atoms with van der Waals surface area (Å²) in [4.78, 5) is 27.4. The van der Waals surface area contributed by atoms with Crippen molar-refractivity contribution in [3.8, 4) is 0 Å². The van der Waals surface area contributed by atoms with E-state index in [-0.39, 0.29) is 31.6 Å². The van der Waals surface area contributed by atoms with Crippen LogP contribution in [0, 0.1) is 11.7 Å². The number of amides is 2. The molecule has 3 rings (SSSR count). The van der Waals surface area contributed by atoms with Crippen LogP contribution in [0.2, 0.25) is 5.02 Å². The molecule has 0 aromatic heterocycles. The number of hydrogen-bond donors (Lipinski definition) is 1. The first-order chi connectivity index (χ1) is 14.3. The van der Waals surface area contributed by atoms with Crippen LogP contribution >= 0.6 is 11.6 Å². The van der Waals surface area contributed by atoms with E-state index in [1.807, 2.05) is 43.0 Å². The molecule has 1 aliphatic rings. The maximum absolute atomic E-state index is 13.8. The summed E-state index contributed by atoms with van der Waals surface area (Å²) in [5, 5.41) is 3.55. The lowest BCUT2D eigenvalue weighted by Crippen LogP contribution is -2.53. The molecule has 2 amide bonds. The van der Waals surface area contributed by atoms with Gasteiger partial charge in [-0.2, -0.15) is 0 Å². The van der Waals surface area contributed by atoms with E-state index in [0.717, 1.165) is 17.9 Å². The molecule has 0 saturated carbocycles. The van der Waals surface area contributed by atoms with Gasteiger partial charge >= 0.3 is 0 Å². The smallest absolute Gasteiger partial charge is 0.245 e. The number of likely N-dealkylation sites (tertiary alicyclic amines) is 1. The zero-order valence-corrected chi connectivity index (χ0v) is 18.2. The van der Waals surface area contributed by atoms with Gasteiger partial charge in [0.25, 0.3) is 0 Å². The monoisotopic (exact) mass is 446 g/mol. The summed E-state index contributed by atoms with van der Waals surface area (Å²) in [6.45, 7) is 5.12. The highest BCUT2D eigenvalue weighted by molar-refractivity contribution is 6.30. The van der Waals surface area contributed by atoms with Gasteiger partial charge in [-0.25, -0.2) is 4.39 Å². The molecule has 0 radical (unpaired) electrons. The molecular formula is C25H32ClFN2O2. The number of nitrogens with one attached hydrogen (secondary N) is 1. The van der Waals surface area contributed by atoms with E-state index in [1.165, 1.54) is 11.6 Å². The number of rotatable bonds is 6. The standard InChI is InChI=1S/C24H28ClFN2O2.CH4/c1-16(2)23(27-22(29)15-19-5-3-4-6-21(19)26)24(30)28-13-11-18(12-14-28)17-7-9-20(25)10-8-17;/h3-10,16,18,23H,11-15H2,1-2H3,(H,27,29);1H4/t23-;/m1./s1. The summed E-state index contributed by atoms with van der Waals surface area (Å²) in [6, 6.07) is 13.5. The number of carbonyl (C=O) groups excluding carboxylic acids is 2. The highest BCUT2D eigenvalue weighted by atomic mass is 35.5. The first kappa shape index (κ1) is 24.9. The SMILES string of the molecule is C.CC(C)[C@@H](NC(=O)Cc1ccccc1F)C(=O)N1CCC(c2ccc(Cl)cc2)CC1. The van der Waals surface area contributed by atoms with Gasteiger partial charge in [-0.15, -0.1) is 0 Å². The molecular weight excluding hydrogens is 415 g/mol. The van der Waals surface area contributed by atoms with Crippen LogP contribution in [0.15, 0.2) is 48.5 Å². The normalized spacial score (nSPS) is 15.3. The minimum Gasteiger partial charge on any atom is -0.344 e. The van der Waals surface area contributed by atoms with Crippen LogP contribution in [0.3, 0.4) is 0 Å². The van der Waals surface area contributed by atoms with Crippen LogP contribution in [0.25, 0.3) is 0 Å². The van der Waals surface area contributed by atoms with Gasteiger partial charge in [0.05, 0.1) is 6.42 Å². The first-order valence-electron chi connectivity index (χ1n) is 10.4. The lowest BCUT2D eigenvalue weighted by molar-refractivity contribution is -0.138. The Bertz CT molecular complexity index is 877. The van der Waals surface area contributed by atoms with Crippen molar-refractivity contribution in [1.29, 1.82) is 0 Å². The second-order valence-electron chi connectivity index (χ2n) is 8.21. The topological polar surface area (TPSA) is 49.4 Å². The fourth-order valence-electron chi connectivity index (χ4n) is 3.92. The summed E-state index contributed by atoms with van der Waals surface area (Å²) < 4.78 is 13.8. The van der Waals surface area contributed by atoms with Gasteiger partial charge in [0.1, 0.15) is 11.9 Å². The maximum atomic E-state index is 13.8. The molecule has 0 unspecified atom stereocenters. The van der Waals surface area contributed by atoms with E-state index < -0.39 is 11.9 Å². The lowest BCUT2D eigenvalue weighted by atomic mass is 9.89. The van der Waals surface area contributed by atoms with Gasteiger partial charge in [-0.3, -0.25) is 9.59 Å². The summed E-state index contributed by atoms with van der Waals surface area (Å²) >= 11 is 5.97. The van der Waals surface area contributed by atoms with E-state index in [4.69, 9.17) is 11.6 Å². The molecule has 1 heterocycles. The van der Waals surface area contributed by atoms with Crippen molar-refractivity contribution in [2.24, 2.45) is 5.92 Å². The van der Waals surface area contributed by atoms with Crippen LogP contribution in [-0.4, -0.2) is 35.8 Å². The van der Waals surface area contributed by atoms with Crippen molar-refractivity contribution < 1.29 is 14.0 Å². The fourth-order valence-corrected chi connectivity index (χ4v) is 4.04. The number of benzene rings is 2. The Labute approximate surface area is 189 Å². The first-order valence-corrected chi connectivity index (χ1v) is 10.8. The van der Waals surface area contributed by atoms with Gasteiger partial charge in [-0.1, -0.05) is 63.2 Å². The van der Waals surface area contributed by atoms with Gasteiger partial charge in [0, 0.05) is 18.1 Å². The molecule has 1 N–H and O–H groups in total. The van der Waals surface area contributed by atoms with Gasteiger partial charge in [-0.05, 0) is 54.0 Å². The Morgan fingerprint density at radius 1 is 1.10 bits per heavy atom. The Kier molecular flexibility index (Phi) is 9.05. The molecule has 31 heavy (non-hydrogen) atoms. The van der Waals surface area contributed by atoms with Gasteiger partial charge in [0.2, 0.25) is 11.8 Å². The van der Waals surface area contributed by atoms with Crippen LogP contribution in [0.1, 0.15) is 51.2 Å². The molecule has 4 nitrogen and oxygen atoms in total. The highest BCUT2D eigenvalue weighted by Gasteiger charge is 2.31. The zero-order chi connectivity index (χ0) is 21.7. The van der Waals surface area contributed by atoms with Crippen molar-refractivity contribution in [2.75, 3.05) is 13.1 Å². The molecule has 0 spiro atoms. The largest absolute Gasteiger partial charge is 0.344 e. The third kappa shape index (κ3) is 6.54. The van der Waals surface area contributed by atoms with Gasteiger partial charge < -0.3 is 10.2 Å². The van der Waals surface area contributed by atoms with Crippen molar-refractivity contribution in [1.82, 2.24) is 10.2 Å². The average molecular weight is 447 g/mol. The van der Waals surface area contributed by atoms with Crippen LogP contribution in [-0.2, 0) is 16.0 Å². The number of nitrogens with zero attached hydrogens (tertiary/aromatic N) is 1. The third-order valence-electron chi connectivity index (χ3n) is 5.71. The summed E-state index contributed by atoms with van der Waals surface area (Å²) in [6.07, 6.45) is 1.67. The molecule has 0 bridgehead atoms. The molecule has 1 fully saturated rings. The number of piperidine rings is 1. The second kappa shape index (κ2) is 11.3. The summed E-state index contributed by atoms with van der Waals surface area (Å²) in [5.74, 6) is -0.482. The van der Waals surface area contributed by atoms with Crippen LogP contribution in [0.5, 0.6) is 0 Å². The fraction of sp³-hybridized carbons (Fsp3) is 0.440. The molecule has 1 saturated heterocycles.